The van der Waals surface area contributed by atoms with Gasteiger partial charge in [-0.1, -0.05) is 55.0 Å². The Morgan fingerprint density at radius 2 is 1.38 bits per heavy atom. The molecule has 0 bridgehead atoms. The summed E-state index contributed by atoms with van der Waals surface area (Å²) in [7, 11) is 0. The molecule has 37 heteroatoms. The third kappa shape index (κ3) is 19.7. The number of hydrogen-bond donors (Lipinski definition) is 21. The number of nitrogens with zero attached hydrogens (tertiary/aromatic N) is 3. The van der Waals surface area contributed by atoms with Crippen molar-refractivity contribution < 1.29 is 123 Å². The summed E-state index contributed by atoms with van der Waals surface area (Å²) in [5.74, 6) is -6.29. The van der Waals surface area contributed by atoms with Gasteiger partial charge in [-0.15, -0.1) is 0 Å². The van der Waals surface area contributed by atoms with Crippen molar-refractivity contribution in [1.29, 1.82) is 0 Å². The summed E-state index contributed by atoms with van der Waals surface area (Å²) in [6, 6.07) is 0.0951. The Bertz CT molecular complexity index is 3210. The van der Waals surface area contributed by atoms with Crippen LogP contribution >= 0.6 is 0 Å². The second-order valence-corrected chi connectivity index (χ2v) is 26.1. The lowest BCUT2D eigenvalue weighted by molar-refractivity contribution is -0.382. The number of hydrogen-bond acceptors (Lipinski definition) is 32. The van der Waals surface area contributed by atoms with Crippen molar-refractivity contribution in [3.05, 3.63) is 76.9 Å². The van der Waals surface area contributed by atoms with Crippen LogP contribution in [0.3, 0.4) is 0 Å². The number of carbonyl (C=O) groups is 6. The molecule has 0 aromatic heterocycles. The number of nitrogens with one attached hydrogen (secondary N) is 6. The third-order valence-corrected chi connectivity index (χ3v) is 18.4. The highest BCUT2D eigenvalue weighted by molar-refractivity contribution is 5.97. The first-order chi connectivity index (χ1) is 48.1. The van der Waals surface area contributed by atoms with Crippen molar-refractivity contribution in [2.75, 3.05) is 46.1 Å². The Hall–Kier alpha value is -7.22. The van der Waals surface area contributed by atoms with E-state index in [0.717, 1.165) is 23.3 Å². The van der Waals surface area contributed by atoms with E-state index in [4.69, 9.17) is 50.4 Å². The van der Waals surface area contributed by atoms with Gasteiger partial charge in [-0.2, -0.15) is 0 Å². The highest BCUT2D eigenvalue weighted by Crippen LogP contribution is 2.35. The van der Waals surface area contributed by atoms with Crippen molar-refractivity contribution in [3.8, 4) is 5.75 Å². The van der Waals surface area contributed by atoms with E-state index in [1.165, 1.54) is 29.8 Å². The highest BCUT2D eigenvalue weighted by Gasteiger charge is 2.55. The lowest BCUT2D eigenvalue weighted by Crippen LogP contribution is -2.70. The maximum atomic E-state index is 15.2. The molecule has 2 aromatic rings. The SMILES string of the molecule is CC(C)=CCCC(C)CC1OCC2OC(OC3C(CO)OC(Oc4ccc(C[C@H](NC(=O)[C@H](Cc5ccccc5C)NC(=O)CN)C(=O)N[C@H](C(=O)N[C@H](C(=O)N[C@H](C=O)CO)C(O)C5CN=C(N)N5C5OC(CO)C(O)C(O)C5O)C(O)C5CN=C(N)N5)cc4)C(O)C3O)C(O)C(O)C2O1. The summed E-state index contributed by atoms with van der Waals surface area (Å²) in [5.41, 5.74) is 20.5. The van der Waals surface area contributed by atoms with E-state index in [1.807, 2.05) is 20.8 Å². The number of nitrogens with two attached hydrogens (primary N) is 3. The second-order valence-electron chi connectivity index (χ2n) is 26.1. The standard InChI is InChI=1S/C64H96N12O25/c1-27(2)8-7-9-28(3)16-42-95-26-40-55(100-42)50(87)53(90)62(99-40)101-54-39(25-80)98-61(52(89)49(54)86)96-33-14-12-30(13-15-33)17-34(72-56(91)35(71-41(81)19-65)18-31-11-6-5-10-29(31)4)57(92)74-43(45(82)36-20-68-63(66)73-36)59(94)75-44(58(93)70-32(22-77)23-78)46(83)37-21-69-64(67)76(37)60-51(88)48(85)47(84)38(24-79)97-60/h5-6,8,10-15,22,28,32,34-40,42-55,60-62,78-80,82-90H,7,9,16-21,23-26,65H2,1-4H3,(H2,67,69)(H,70,93)(H,71,81)(H,72,91)(H,74,92)(H,75,94)(H3,66,68,73)/t28?,32-,34+,35+,36?,37?,38?,39?,40?,42?,43+,44+,45?,46?,47?,48?,49?,50?,51?,52?,53?,54?,55?,60?,61?,62?/m1/s1. The molecule has 101 heavy (non-hydrogen) atoms. The van der Waals surface area contributed by atoms with Gasteiger partial charge in [0.15, 0.2) is 30.7 Å². The normalized spacial score (nSPS) is 31.9. The second kappa shape index (κ2) is 36.3. The first-order valence-electron chi connectivity index (χ1n) is 33.2. The number of aryl methyl sites for hydroxylation is 1. The first-order valence-corrected chi connectivity index (χ1v) is 33.2. The van der Waals surface area contributed by atoms with Gasteiger partial charge >= 0.3 is 0 Å². The lowest BCUT2D eigenvalue weighted by Gasteiger charge is -2.48. The van der Waals surface area contributed by atoms with Crippen molar-refractivity contribution >= 4 is 47.7 Å². The molecule has 6 heterocycles. The predicted molar refractivity (Wildman–Crippen MR) is 349 cm³/mol. The van der Waals surface area contributed by atoms with Crippen LogP contribution in [0.15, 0.2) is 70.2 Å². The minimum Gasteiger partial charge on any atom is -0.462 e. The fourth-order valence-corrected chi connectivity index (χ4v) is 12.6. The van der Waals surface area contributed by atoms with Crippen molar-refractivity contribution in [2.24, 2.45) is 33.1 Å². The molecule has 6 aliphatic heterocycles. The van der Waals surface area contributed by atoms with Crippen molar-refractivity contribution in [2.45, 2.75) is 213 Å². The average Bonchev–Trinajstić information content (AvgIpc) is 1.74. The molecule has 37 nitrogen and oxygen atoms in total. The summed E-state index contributed by atoms with van der Waals surface area (Å²) < 4.78 is 41.5. The van der Waals surface area contributed by atoms with E-state index >= 15 is 9.59 Å². The molecule has 0 radical (unpaired) electrons. The minimum absolute atomic E-state index is 0.0419. The Morgan fingerprint density at radius 3 is 2.02 bits per heavy atom. The number of benzene rings is 2. The molecule has 26 atom stereocenters. The smallest absolute Gasteiger partial charge is 0.246 e. The topological polar surface area (TPSA) is 588 Å². The Morgan fingerprint density at radius 1 is 0.723 bits per heavy atom. The van der Waals surface area contributed by atoms with E-state index in [9.17, 15) is 80.5 Å². The number of aliphatic hydroxyl groups excluding tert-OH is 12. The van der Waals surface area contributed by atoms with Crippen LogP contribution in [0, 0.1) is 12.8 Å². The van der Waals surface area contributed by atoms with Gasteiger partial charge in [0.1, 0.15) is 128 Å². The first kappa shape index (κ1) is 79.5. The van der Waals surface area contributed by atoms with E-state index in [-0.39, 0.29) is 49.0 Å². The largest absolute Gasteiger partial charge is 0.462 e. The number of amides is 5. The molecule has 0 spiro atoms. The maximum absolute atomic E-state index is 15.2. The number of aldehydes is 1. The lowest BCUT2D eigenvalue weighted by atomic mass is 9.95. The molecule has 2 aromatic carbocycles. The molecule has 562 valence electrons. The predicted octanol–water partition coefficient (Wildman–Crippen LogP) is -9.67. The maximum Gasteiger partial charge on any atom is 0.246 e. The van der Waals surface area contributed by atoms with Crippen LogP contribution in [0.25, 0.3) is 0 Å². The quantitative estimate of drug-likeness (QED) is 0.0239. The number of aliphatic imine (C=N–C) groups is 2. The van der Waals surface area contributed by atoms with Crippen LogP contribution in [-0.4, -0.2) is 313 Å². The van der Waals surface area contributed by atoms with Crippen LogP contribution in [0.2, 0.25) is 0 Å². The van der Waals surface area contributed by atoms with Gasteiger partial charge in [-0.25, -0.2) is 0 Å². The molecule has 4 saturated heterocycles. The zero-order valence-electron chi connectivity index (χ0n) is 56.0. The van der Waals surface area contributed by atoms with Gasteiger partial charge in [0.25, 0.3) is 0 Å². The summed E-state index contributed by atoms with van der Waals surface area (Å²) >= 11 is 0. The Balaban J connectivity index is 1.03. The number of rotatable bonds is 32. The van der Waals surface area contributed by atoms with E-state index in [2.05, 4.69) is 48.0 Å². The summed E-state index contributed by atoms with van der Waals surface area (Å²) in [6.45, 7) is 3.68. The van der Waals surface area contributed by atoms with Gasteiger partial charge < -0.3 is 153 Å². The van der Waals surface area contributed by atoms with Crippen LogP contribution in [-0.2, 0) is 70.0 Å². The number of carbonyl (C=O) groups excluding carboxylic acids is 6. The Kier molecular flexibility index (Phi) is 28.5. The number of aliphatic hydroxyl groups is 12. The van der Waals surface area contributed by atoms with Crippen molar-refractivity contribution in [1.82, 2.24) is 36.8 Å². The van der Waals surface area contributed by atoms with E-state index in [0.29, 0.717) is 12.0 Å². The molecule has 0 aliphatic carbocycles. The van der Waals surface area contributed by atoms with Crippen LogP contribution in [0.1, 0.15) is 56.7 Å². The summed E-state index contributed by atoms with van der Waals surface area (Å²) in [4.78, 5) is 93.0. The van der Waals surface area contributed by atoms with Crippen LogP contribution < -0.4 is 53.8 Å². The zero-order chi connectivity index (χ0) is 73.7. The third-order valence-electron chi connectivity index (χ3n) is 18.4. The molecular formula is C64H96N12O25. The molecule has 8 rings (SSSR count). The van der Waals surface area contributed by atoms with Crippen LogP contribution in [0.4, 0.5) is 0 Å². The molecule has 0 saturated carbocycles. The Labute approximate surface area is 580 Å². The van der Waals surface area contributed by atoms with Gasteiger partial charge in [-0.3, -0.25) is 34.0 Å². The monoisotopic (exact) mass is 1430 g/mol. The minimum atomic E-state index is -2.29. The molecular weight excluding hydrogens is 1340 g/mol. The van der Waals surface area contributed by atoms with E-state index < -0.39 is 228 Å². The number of ether oxygens (including phenoxy) is 7. The fourth-order valence-electron chi connectivity index (χ4n) is 12.6. The fraction of sp³-hybridized carbons (Fsp3) is 0.656. The number of fused-ring (bicyclic) bond motifs is 1. The molecule has 21 unspecified atom stereocenters. The average molecular weight is 1430 g/mol. The van der Waals surface area contributed by atoms with E-state index in [1.54, 1.807) is 31.2 Å². The zero-order valence-corrected chi connectivity index (χ0v) is 56.0. The van der Waals surface area contributed by atoms with Gasteiger partial charge in [0.05, 0.1) is 58.1 Å². The number of guanidine groups is 2. The number of allylic oxidation sites excluding steroid dienone is 2. The van der Waals surface area contributed by atoms with Gasteiger partial charge in [0.2, 0.25) is 35.8 Å². The van der Waals surface area contributed by atoms with Gasteiger partial charge in [0, 0.05) is 19.3 Å². The molecule has 24 N–H and O–H groups in total. The molecule has 6 aliphatic rings. The van der Waals surface area contributed by atoms with Gasteiger partial charge in [-0.05, 0) is 68.4 Å². The van der Waals surface area contributed by atoms with Crippen molar-refractivity contribution in [3.63, 3.8) is 0 Å². The van der Waals surface area contributed by atoms with Crippen LogP contribution in [0.5, 0.6) is 5.75 Å². The summed E-state index contributed by atoms with van der Waals surface area (Å²) in [6.07, 6.45) is -25.7. The molecule has 5 amide bonds. The highest BCUT2D eigenvalue weighted by atomic mass is 16.8. The summed E-state index contributed by atoms with van der Waals surface area (Å²) in [5, 5.41) is 147. The molecule has 4 fully saturated rings.